The van der Waals surface area contributed by atoms with Crippen molar-refractivity contribution < 1.29 is 18.7 Å². The SMILES string of the molecule is COC(=O)c1coc(CNCC(C)(C)C(N)=O)c1. The fourth-order valence-corrected chi connectivity index (χ4v) is 1.28. The summed E-state index contributed by atoms with van der Waals surface area (Å²) in [6.45, 7) is 4.35. The van der Waals surface area contributed by atoms with Gasteiger partial charge in [0, 0.05) is 6.54 Å². The van der Waals surface area contributed by atoms with Crippen molar-refractivity contribution in [2.45, 2.75) is 20.4 Å². The Morgan fingerprint density at radius 1 is 1.50 bits per heavy atom. The molecule has 100 valence electrons. The van der Waals surface area contributed by atoms with Crippen molar-refractivity contribution in [1.29, 1.82) is 0 Å². The number of amides is 1. The van der Waals surface area contributed by atoms with Gasteiger partial charge in [-0.3, -0.25) is 4.79 Å². The van der Waals surface area contributed by atoms with E-state index in [0.29, 0.717) is 24.4 Å². The van der Waals surface area contributed by atoms with Gasteiger partial charge in [-0.15, -0.1) is 0 Å². The highest BCUT2D eigenvalue weighted by Crippen LogP contribution is 2.13. The van der Waals surface area contributed by atoms with Crippen LogP contribution in [0.3, 0.4) is 0 Å². The number of methoxy groups -OCH3 is 1. The summed E-state index contributed by atoms with van der Waals surface area (Å²) in [6.07, 6.45) is 1.34. The minimum absolute atomic E-state index is 0.364. The molecule has 0 aromatic carbocycles. The van der Waals surface area contributed by atoms with E-state index in [2.05, 4.69) is 10.1 Å². The molecule has 0 bridgehead atoms. The van der Waals surface area contributed by atoms with Gasteiger partial charge in [0.1, 0.15) is 12.0 Å². The van der Waals surface area contributed by atoms with Crippen LogP contribution in [0.25, 0.3) is 0 Å². The van der Waals surface area contributed by atoms with Crippen LogP contribution < -0.4 is 11.1 Å². The first-order valence-electron chi connectivity index (χ1n) is 5.53. The molecule has 18 heavy (non-hydrogen) atoms. The van der Waals surface area contributed by atoms with Gasteiger partial charge in [-0.25, -0.2) is 4.79 Å². The molecule has 6 nitrogen and oxygen atoms in total. The van der Waals surface area contributed by atoms with Crippen LogP contribution in [0.2, 0.25) is 0 Å². The predicted octanol–water partition coefficient (Wildman–Crippen LogP) is 0.667. The molecule has 0 aliphatic heterocycles. The van der Waals surface area contributed by atoms with Crippen molar-refractivity contribution in [2.24, 2.45) is 11.1 Å². The van der Waals surface area contributed by atoms with Crippen molar-refractivity contribution in [3.63, 3.8) is 0 Å². The van der Waals surface area contributed by atoms with Crippen molar-refractivity contribution in [3.05, 3.63) is 23.7 Å². The highest BCUT2D eigenvalue weighted by molar-refractivity contribution is 5.88. The monoisotopic (exact) mass is 254 g/mol. The molecule has 1 heterocycles. The molecule has 0 unspecified atom stereocenters. The number of furan rings is 1. The van der Waals surface area contributed by atoms with E-state index in [0.717, 1.165) is 0 Å². The minimum Gasteiger partial charge on any atom is -0.467 e. The third-order valence-corrected chi connectivity index (χ3v) is 2.61. The molecule has 1 aromatic heterocycles. The number of primary amides is 1. The zero-order valence-electron chi connectivity index (χ0n) is 10.8. The number of ether oxygens (including phenoxy) is 1. The number of carbonyl (C=O) groups excluding carboxylic acids is 2. The number of carbonyl (C=O) groups is 2. The van der Waals surface area contributed by atoms with E-state index < -0.39 is 11.4 Å². The van der Waals surface area contributed by atoms with E-state index in [1.807, 2.05) is 0 Å². The maximum absolute atomic E-state index is 11.2. The second-order valence-corrected chi connectivity index (χ2v) is 4.64. The van der Waals surface area contributed by atoms with Crippen LogP contribution in [-0.2, 0) is 16.1 Å². The lowest BCUT2D eigenvalue weighted by Gasteiger charge is -2.20. The van der Waals surface area contributed by atoms with Crippen molar-refractivity contribution in [2.75, 3.05) is 13.7 Å². The van der Waals surface area contributed by atoms with Crippen LogP contribution in [0.4, 0.5) is 0 Å². The molecule has 0 fully saturated rings. The number of esters is 1. The van der Waals surface area contributed by atoms with Crippen molar-refractivity contribution in [3.8, 4) is 0 Å². The summed E-state index contributed by atoms with van der Waals surface area (Å²) >= 11 is 0. The maximum atomic E-state index is 11.2. The summed E-state index contributed by atoms with van der Waals surface area (Å²) in [7, 11) is 1.31. The highest BCUT2D eigenvalue weighted by Gasteiger charge is 2.24. The van der Waals surface area contributed by atoms with Gasteiger partial charge in [0.25, 0.3) is 0 Å². The molecule has 0 aliphatic rings. The average molecular weight is 254 g/mol. The van der Waals surface area contributed by atoms with Crippen LogP contribution in [0.5, 0.6) is 0 Å². The Hall–Kier alpha value is -1.82. The van der Waals surface area contributed by atoms with Crippen molar-refractivity contribution in [1.82, 2.24) is 5.32 Å². The number of hydrogen-bond acceptors (Lipinski definition) is 5. The molecule has 6 heteroatoms. The summed E-state index contributed by atoms with van der Waals surface area (Å²) < 4.78 is 9.74. The van der Waals surface area contributed by atoms with Gasteiger partial charge in [-0.2, -0.15) is 0 Å². The molecule has 0 radical (unpaired) electrons. The van der Waals surface area contributed by atoms with Crippen LogP contribution >= 0.6 is 0 Å². The Labute approximate surface area is 105 Å². The number of nitrogens with one attached hydrogen (secondary N) is 1. The Morgan fingerprint density at radius 3 is 2.72 bits per heavy atom. The highest BCUT2D eigenvalue weighted by atomic mass is 16.5. The fraction of sp³-hybridized carbons (Fsp3) is 0.500. The molecule has 0 atom stereocenters. The summed E-state index contributed by atoms with van der Waals surface area (Å²) in [5.41, 5.74) is 4.99. The third-order valence-electron chi connectivity index (χ3n) is 2.61. The zero-order valence-corrected chi connectivity index (χ0v) is 10.8. The molecule has 1 amide bonds. The van der Waals surface area contributed by atoms with Crippen LogP contribution in [-0.4, -0.2) is 25.5 Å². The number of nitrogens with two attached hydrogens (primary N) is 1. The number of hydrogen-bond donors (Lipinski definition) is 2. The first-order valence-corrected chi connectivity index (χ1v) is 5.53. The minimum atomic E-state index is -0.627. The molecular weight excluding hydrogens is 236 g/mol. The molecule has 0 saturated heterocycles. The fourth-order valence-electron chi connectivity index (χ4n) is 1.28. The summed E-state index contributed by atoms with van der Waals surface area (Å²) in [5, 5.41) is 3.05. The van der Waals surface area contributed by atoms with Crippen LogP contribution in [0, 0.1) is 5.41 Å². The first kappa shape index (κ1) is 14.2. The zero-order chi connectivity index (χ0) is 13.8. The average Bonchev–Trinajstić information content (AvgIpc) is 2.76. The normalized spacial score (nSPS) is 11.3. The van der Waals surface area contributed by atoms with Gasteiger partial charge >= 0.3 is 5.97 Å². The second-order valence-electron chi connectivity index (χ2n) is 4.64. The molecule has 1 aromatic rings. The van der Waals surface area contributed by atoms with E-state index in [1.54, 1.807) is 19.9 Å². The Bertz CT molecular complexity index is 437. The quantitative estimate of drug-likeness (QED) is 0.727. The van der Waals surface area contributed by atoms with E-state index in [-0.39, 0.29) is 5.91 Å². The summed E-state index contributed by atoms with van der Waals surface area (Å²) in [4.78, 5) is 22.3. The van der Waals surface area contributed by atoms with Crippen LogP contribution in [0.15, 0.2) is 16.7 Å². The second kappa shape index (κ2) is 5.68. The standard InChI is InChI=1S/C12H18N2O4/c1-12(2,11(13)16)7-14-5-9-4-8(6-18-9)10(15)17-3/h4,6,14H,5,7H2,1-3H3,(H2,13,16). The Morgan fingerprint density at radius 2 is 2.17 bits per heavy atom. The molecule has 3 N–H and O–H groups in total. The third kappa shape index (κ3) is 3.59. The van der Waals surface area contributed by atoms with E-state index in [4.69, 9.17) is 10.2 Å². The summed E-state index contributed by atoms with van der Waals surface area (Å²) in [6, 6.07) is 1.59. The van der Waals surface area contributed by atoms with Crippen molar-refractivity contribution >= 4 is 11.9 Å². The largest absolute Gasteiger partial charge is 0.467 e. The van der Waals surface area contributed by atoms with E-state index in [9.17, 15) is 9.59 Å². The van der Waals surface area contributed by atoms with Gasteiger partial charge < -0.3 is 20.2 Å². The lowest BCUT2D eigenvalue weighted by Crippen LogP contribution is -2.40. The molecule has 1 rings (SSSR count). The Kier molecular flexibility index (Phi) is 4.49. The maximum Gasteiger partial charge on any atom is 0.341 e. The lowest BCUT2D eigenvalue weighted by atomic mass is 9.93. The topological polar surface area (TPSA) is 94.6 Å². The Balaban J connectivity index is 2.47. The van der Waals surface area contributed by atoms with Gasteiger partial charge in [0.05, 0.1) is 24.6 Å². The predicted molar refractivity (Wildman–Crippen MR) is 64.7 cm³/mol. The van der Waals surface area contributed by atoms with E-state index in [1.165, 1.54) is 13.4 Å². The molecule has 0 saturated carbocycles. The van der Waals surface area contributed by atoms with Gasteiger partial charge in [0.15, 0.2) is 0 Å². The van der Waals surface area contributed by atoms with Gasteiger partial charge in [-0.1, -0.05) is 0 Å². The molecule has 0 aliphatic carbocycles. The lowest BCUT2D eigenvalue weighted by molar-refractivity contribution is -0.125. The smallest absolute Gasteiger partial charge is 0.341 e. The number of rotatable bonds is 6. The molecular formula is C12H18N2O4. The van der Waals surface area contributed by atoms with E-state index >= 15 is 0 Å². The summed E-state index contributed by atoms with van der Waals surface area (Å²) in [5.74, 6) is -0.220. The van der Waals surface area contributed by atoms with Gasteiger partial charge in [-0.05, 0) is 19.9 Å². The van der Waals surface area contributed by atoms with Gasteiger partial charge in [0.2, 0.25) is 5.91 Å². The molecule has 0 spiro atoms. The first-order chi connectivity index (χ1) is 8.36. The van der Waals surface area contributed by atoms with Crippen LogP contribution in [0.1, 0.15) is 30.0 Å².